The zero-order valence-electron chi connectivity index (χ0n) is 19.1. The predicted octanol–water partition coefficient (Wildman–Crippen LogP) is 2.40. The third-order valence-corrected chi connectivity index (χ3v) is 6.72. The zero-order valence-corrected chi connectivity index (χ0v) is 19.1. The number of aryl methyl sites for hydroxylation is 1. The summed E-state index contributed by atoms with van der Waals surface area (Å²) in [6, 6.07) is 11.4. The smallest absolute Gasteiger partial charge is 0.344 e. The van der Waals surface area contributed by atoms with Gasteiger partial charge in [-0.1, -0.05) is 49.6 Å². The Kier molecular flexibility index (Phi) is 7.76. The molecule has 0 aliphatic carbocycles. The molecule has 1 aromatic heterocycles. The molecule has 1 saturated heterocycles. The second-order valence-corrected chi connectivity index (χ2v) is 9.17. The van der Waals surface area contributed by atoms with Gasteiger partial charge in [-0.05, 0) is 37.7 Å². The zero-order chi connectivity index (χ0) is 22.3. The first-order valence-corrected chi connectivity index (χ1v) is 12.1. The van der Waals surface area contributed by atoms with Gasteiger partial charge in [-0.2, -0.15) is 5.10 Å². The molecule has 1 aromatic carbocycles. The summed E-state index contributed by atoms with van der Waals surface area (Å²) in [6.45, 7) is 1.47. The van der Waals surface area contributed by atoms with Crippen LogP contribution in [0, 0.1) is 0 Å². The van der Waals surface area contributed by atoms with E-state index in [9.17, 15) is 9.59 Å². The molecule has 1 amide bonds. The fourth-order valence-electron chi connectivity index (χ4n) is 4.73. The Morgan fingerprint density at radius 2 is 1.97 bits per heavy atom. The average molecular weight is 441 g/mol. The van der Waals surface area contributed by atoms with Crippen LogP contribution in [0.2, 0.25) is 0 Å². The van der Waals surface area contributed by atoms with Crippen LogP contribution in [-0.4, -0.2) is 44.8 Å². The summed E-state index contributed by atoms with van der Waals surface area (Å²) in [5, 5.41) is 4.42. The molecule has 8 heteroatoms. The number of hydrogen-bond donors (Lipinski definition) is 2. The lowest BCUT2D eigenvalue weighted by molar-refractivity contribution is -0.130. The molecule has 0 spiro atoms. The van der Waals surface area contributed by atoms with E-state index in [0.29, 0.717) is 18.6 Å². The molecule has 174 valence electrons. The van der Waals surface area contributed by atoms with Crippen molar-refractivity contribution >= 4 is 5.91 Å². The van der Waals surface area contributed by atoms with Crippen molar-refractivity contribution < 1.29 is 4.79 Å². The Hall–Kier alpha value is -2.45. The largest absolute Gasteiger partial charge is 0.346 e. The molecule has 2 N–H and O–H groups in total. The Morgan fingerprint density at radius 1 is 1.12 bits per heavy atom. The fraction of sp³-hybridized carbons (Fsp3) is 0.625. The van der Waals surface area contributed by atoms with Crippen molar-refractivity contribution in [2.24, 2.45) is 0 Å². The highest BCUT2D eigenvalue weighted by Gasteiger charge is 2.24. The van der Waals surface area contributed by atoms with Gasteiger partial charge in [0.1, 0.15) is 12.4 Å². The number of unbranched alkanes of at least 4 members (excludes halogenated alkanes) is 2. The molecule has 8 nitrogen and oxygen atoms in total. The molecule has 2 aliphatic heterocycles. The second kappa shape index (κ2) is 10.9. The van der Waals surface area contributed by atoms with Crippen LogP contribution in [0.3, 0.4) is 0 Å². The van der Waals surface area contributed by atoms with Gasteiger partial charge in [-0.25, -0.2) is 9.48 Å². The molecule has 3 heterocycles. The average Bonchev–Trinajstić information content (AvgIpc) is 3.31. The first kappa shape index (κ1) is 22.7. The summed E-state index contributed by atoms with van der Waals surface area (Å²) < 4.78 is 3.09. The minimum absolute atomic E-state index is 0.0356. The van der Waals surface area contributed by atoms with E-state index in [1.165, 1.54) is 10.2 Å². The number of carbonyl (C=O) groups excluding carboxylic acids is 1. The van der Waals surface area contributed by atoms with Crippen LogP contribution in [0.15, 0.2) is 35.1 Å². The highest BCUT2D eigenvalue weighted by molar-refractivity contribution is 5.75. The molecule has 2 unspecified atom stereocenters. The van der Waals surface area contributed by atoms with Gasteiger partial charge in [-0.3, -0.25) is 20.2 Å². The predicted molar refractivity (Wildman–Crippen MR) is 124 cm³/mol. The van der Waals surface area contributed by atoms with Crippen LogP contribution < -0.4 is 16.5 Å². The molecule has 2 aromatic rings. The van der Waals surface area contributed by atoms with Gasteiger partial charge in [0, 0.05) is 38.6 Å². The second-order valence-electron chi connectivity index (χ2n) is 9.17. The van der Waals surface area contributed by atoms with Crippen LogP contribution in [0.4, 0.5) is 0 Å². The van der Waals surface area contributed by atoms with Gasteiger partial charge in [0.05, 0.1) is 0 Å². The van der Waals surface area contributed by atoms with E-state index in [-0.39, 0.29) is 18.1 Å². The molecule has 0 radical (unpaired) electrons. The summed E-state index contributed by atoms with van der Waals surface area (Å²) in [5.41, 5.74) is 8.02. The molecule has 2 atom stereocenters. The number of nitrogens with one attached hydrogen (secondary N) is 2. The highest BCUT2D eigenvalue weighted by Crippen LogP contribution is 2.24. The molecule has 1 fully saturated rings. The summed E-state index contributed by atoms with van der Waals surface area (Å²) in [6.07, 6.45) is 9.44. The fourth-order valence-corrected chi connectivity index (χ4v) is 4.73. The quantitative estimate of drug-likeness (QED) is 0.585. The maximum Gasteiger partial charge on any atom is 0.346 e. The van der Waals surface area contributed by atoms with Gasteiger partial charge in [-0.15, -0.1) is 0 Å². The van der Waals surface area contributed by atoms with E-state index in [1.807, 2.05) is 13.1 Å². The maximum atomic E-state index is 12.6. The number of carbonyl (C=O) groups is 1. The monoisotopic (exact) mass is 440 g/mol. The molecule has 0 bridgehead atoms. The molecular weight excluding hydrogens is 404 g/mol. The lowest BCUT2D eigenvalue weighted by Crippen LogP contribution is -2.35. The topological polar surface area (TPSA) is 84.2 Å². The number of fused-ring (bicyclic) bond motifs is 1. The molecule has 4 rings (SSSR count). The van der Waals surface area contributed by atoms with Crippen molar-refractivity contribution in [3.05, 3.63) is 52.2 Å². The minimum Gasteiger partial charge on any atom is -0.344 e. The minimum atomic E-state index is -0.143. The van der Waals surface area contributed by atoms with Crippen molar-refractivity contribution in [2.45, 2.75) is 83.0 Å². The van der Waals surface area contributed by atoms with Crippen LogP contribution in [-0.2, 0) is 24.3 Å². The van der Waals surface area contributed by atoms with E-state index in [2.05, 4.69) is 40.2 Å². The standard InChI is InChI=1S/C24H36N6O2/c1-28(23(31)18-30-24(32)29-16-10-4-8-14-22(29)27-30)15-9-3-7-13-20-17-21(26-25-20)19-11-5-2-6-12-19/h2,5-6,11-12,20-21,25-26H,3-4,7-10,13-18H2,1H3. The van der Waals surface area contributed by atoms with E-state index in [0.717, 1.165) is 70.2 Å². The molecule has 0 saturated carbocycles. The number of amides is 1. The third kappa shape index (κ3) is 5.66. The number of hydrogen-bond acceptors (Lipinski definition) is 5. The Balaban J connectivity index is 1.14. The summed E-state index contributed by atoms with van der Waals surface area (Å²) in [5.74, 6) is 0.778. The van der Waals surface area contributed by atoms with Gasteiger partial charge in [0.2, 0.25) is 5.91 Å². The van der Waals surface area contributed by atoms with Crippen LogP contribution in [0.25, 0.3) is 0 Å². The van der Waals surface area contributed by atoms with E-state index >= 15 is 0 Å². The lowest BCUT2D eigenvalue weighted by atomic mass is 9.99. The first-order chi connectivity index (χ1) is 15.6. The Labute approximate surface area is 190 Å². The molecule has 32 heavy (non-hydrogen) atoms. The van der Waals surface area contributed by atoms with Gasteiger partial charge in [0.15, 0.2) is 0 Å². The van der Waals surface area contributed by atoms with Crippen molar-refractivity contribution in [2.75, 3.05) is 13.6 Å². The van der Waals surface area contributed by atoms with Crippen molar-refractivity contribution in [3.63, 3.8) is 0 Å². The van der Waals surface area contributed by atoms with Gasteiger partial charge >= 0.3 is 5.69 Å². The van der Waals surface area contributed by atoms with Crippen molar-refractivity contribution in [3.8, 4) is 0 Å². The van der Waals surface area contributed by atoms with Crippen molar-refractivity contribution in [1.82, 2.24) is 30.1 Å². The molecule has 2 aliphatic rings. The third-order valence-electron chi connectivity index (χ3n) is 6.72. The van der Waals surface area contributed by atoms with Gasteiger partial charge in [0.25, 0.3) is 0 Å². The first-order valence-electron chi connectivity index (χ1n) is 12.1. The number of aromatic nitrogens is 3. The van der Waals surface area contributed by atoms with Crippen molar-refractivity contribution in [1.29, 1.82) is 0 Å². The van der Waals surface area contributed by atoms with Crippen LogP contribution in [0.5, 0.6) is 0 Å². The summed E-state index contributed by atoms with van der Waals surface area (Å²) in [4.78, 5) is 26.9. The van der Waals surface area contributed by atoms with E-state index in [4.69, 9.17) is 0 Å². The number of nitrogens with zero attached hydrogens (tertiary/aromatic N) is 4. The van der Waals surface area contributed by atoms with Crippen LogP contribution in [0.1, 0.15) is 68.8 Å². The maximum absolute atomic E-state index is 12.6. The summed E-state index contributed by atoms with van der Waals surface area (Å²) >= 11 is 0. The van der Waals surface area contributed by atoms with E-state index in [1.54, 1.807) is 9.47 Å². The number of benzene rings is 1. The molecular formula is C24H36N6O2. The normalized spacial score (nSPS) is 20.7. The SMILES string of the molecule is CN(CCCCCC1CC(c2ccccc2)NN1)C(=O)Cn1nc2n(c1=O)CCCCC2. The number of hydrazine groups is 1. The number of rotatable bonds is 9. The van der Waals surface area contributed by atoms with Gasteiger partial charge < -0.3 is 4.90 Å². The lowest BCUT2D eigenvalue weighted by Gasteiger charge is -2.17. The van der Waals surface area contributed by atoms with Crippen LogP contribution >= 0.6 is 0 Å². The highest BCUT2D eigenvalue weighted by atomic mass is 16.2. The Morgan fingerprint density at radius 3 is 2.81 bits per heavy atom. The Bertz CT molecular complexity index is 938. The summed E-state index contributed by atoms with van der Waals surface area (Å²) in [7, 11) is 1.82. The van der Waals surface area contributed by atoms with E-state index < -0.39 is 0 Å². The number of likely N-dealkylation sites (N-methyl/N-ethyl adjacent to an activating group) is 1.